The van der Waals surface area contributed by atoms with Crippen molar-refractivity contribution in [3.63, 3.8) is 0 Å². The molecule has 1 saturated heterocycles. The largest absolute Gasteiger partial charge is 0.493 e. The fraction of sp³-hybridized carbons (Fsp3) is 0.500. The Labute approximate surface area is 123 Å². The van der Waals surface area contributed by atoms with Crippen molar-refractivity contribution in [1.82, 2.24) is 5.32 Å². The number of hydrogen-bond donors (Lipinski definition) is 3. The first kappa shape index (κ1) is 15.6. The highest BCUT2D eigenvalue weighted by Gasteiger charge is 2.22. The van der Waals surface area contributed by atoms with Crippen molar-refractivity contribution in [2.24, 2.45) is 0 Å². The van der Waals surface area contributed by atoms with Gasteiger partial charge in [0.25, 0.3) is 5.91 Å². The highest BCUT2D eigenvalue weighted by molar-refractivity contribution is 5.94. The predicted octanol–water partition coefficient (Wildman–Crippen LogP) is -0.00680. The van der Waals surface area contributed by atoms with E-state index in [0.717, 1.165) is 6.54 Å². The van der Waals surface area contributed by atoms with E-state index in [1.807, 2.05) is 0 Å². The van der Waals surface area contributed by atoms with E-state index >= 15 is 0 Å². The number of carbonyl (C=O) groups excluding carboxylic acids is 1. The Bertz CT molecular complexity index is 474. The van der Waals surface area contributed by atoms with Gasteiger partial charge in [0.1, 0.15) is 12.7 Å². The number of aliphatic hydroxyl groups is 1. The van der Waals surface area contributed by atoms with Crippen LogP contribution in [0.25, 0.3) is 0 Å². The molecule has 0 aliphatic carbocycles. The zero-order valence-electron chi connectivity index (χ0n) is 11.9. The monoisotopic (exact) mass is 296 g/mol. The summed E-state index contributed by atoms with van der Waals surface area (Å²) in [5.41, 5.74) is 0.586. The van der Waals surface area contributed by atoms with E-state index in [2.05, 4.69) is 10.6 Å². The second-order valence-electron chi connectivity index (χ2n) is 4.49. The highest BCUT2D eigenvalue weighted by atomic mass is 16.5. The van der Waals surface area contributed by atoms with Crippen LogP contribution in [-0.2, 0) is 9.53 Å². The van der Waals surface area contributed by atoms with Gasteiger partial charge in [-0.3, -0.25) is 4.79 Å². The van der Waals surface area contributed by atoms with Gasteiger partial charge in [0.2, 0.25) is 0 Å². The number of anilines is 1. The van der Waals surface area contributed by atoms with Crippen LogP contribution in [0.3, 0.4) is 0 Å². The van der Waals surface area contributed by atoms with Crippen molar-refractivity contribution in [3.05, 3.63) is 18.2 Å². The predicted molar refractivity (Wildman–Crippen MR) is 76.8 cm³/mol. The van der Waals surface area contributed by atoms with Gasteiger partial charge in [0.15, 0.2) is 11.5 Å². The number of aliphatic hydroxyl groups excluding tert-OH is 1. The lowest BCUT2D eigenvalue weighted by Crippen LogP contribution is -2.45. The van der Waals surface area contributed by atoms with Crippen molar-refractivity contribution in [2.45, 2.75) is 6.10 Å². The number of methoxy groups -OCH3 is 1. The number of benzene rings is 1. The summed E-state index contributed by atoms with van der Waals surface area (Å²) in [5, 5.41) is 14.7. The van der Waals surface area contributed by atoms with Gasteiger partial charge in [-0.2, -0.15) is 0 Å². The van der Waals surface area contributed by atoms with Crippen molar-refractivity contribution < 1.29 is 24.1 Å². The van der Waals surface area contributed by atoms with Crippen molar-refractivity contribution >= 4 is 11.6 Å². The van der Waals surface area contributed by atoms with Crippen LogP contribution in [0.2, 0.25) is 0 Å². The third-order valence-corrected chi connectivity index (χ3v) is 3.00. The van der Waals surface area contributed by atoms with E-state index in [-0.39, 0.29) is 19.1 Å². The molecule has 1 atom stereocenters. The Morgan fingerprint density at radius 1 is 1.52 bits per heavy atom. The molecule has 7 nitrogen and oxygen atoms in total. The average molecular weight is 296 g/mol. The lowest BCUT2D eigenvalue weighted by Gasteiger charge is -2.22. The number of amides is 1. The van der Waals surface area contributed by atoms with Gasteiger partial charge in [-0.05, 0) is 12.1 Å². The smallest absolute Gasteiger partial charge is 0.254 e. The van der Waals surface area contributed by atoms with Crippen LogP contribution in [0, 0.1) is 0 Å². The van der Waals surface area contributed by atoms with E-state index < -0.39 is 6.10 Å². The summed E-state index contributed by atoms with van der Waals surface area (Å²) in [6.45, 7) is 1.83. The average Bonchev–Trinajstić information content (AvgIpc) is 2.54. The molecule has 116 valence electrons. The number of nitrogens with one attached hydrogen (secondary N) is 2. The van der Waals surface area contributed by atoms with E-state index in [1.54, 1.807) is 18.2 Å². The standard InChI is InChI=1S/C14H20N2O5/c1-19-11-3-2-10(8-12(11)21-7-5-17)16-14(18)13-9-15-4-6-20-13/h2-3,8,13,15,17H,4-7,9H2,1H3,(H,16,18). The summed E-state index contributed by atoms with van der Waals surface area (Å²) in [4.78, 5) is 12.1. The molecule has 21 heavy (non-hydrogen) atoms. The summed E-state index contributed by atoms with van der Waals surface area (Å²) in [6, 6.07) is 5.07. The van der Waals surface area contributed by atoms with Crippen LogP contribution in [0.15, 0.2) is 18.2 Å². The third kappa shape index (κ3) is 4.32. The normalized spacial score (nSPS) is 18.1. The van der Waals surface area contributed by atoms with Crippen LogP contribution >= 0.6 is 0 Å². The zero-order valence-corrected chi connectivity index (χ0v) is 11.9. The number of morpholine rings is 1. The molecule has 1 aromatic carbocycles. The van der Waals surface area contributed by atoms with Gasteiger partial charge < -0.3 is 30.0 Å². The quantitative estimate of drug-likeness (QED) is 0.684. The topological polar surface area (TPSA) is 89.1 Å². The van der Waals surface area contributed by atoms with E-state index in [1.165, 1.54) is 7.11 Å². The Kier molecular flexibility index (Phi) is 5.79. The Morgan fingerprint density at radius 3 is 3.05 bits per heavy atom. The molecule has 1 aliphatic heterocycles. The number of ether oxygens (including phenoxy) is 3. The van der Waals surface area contributed by atoms with Crippen molar-refractivity contribution in [3.8, 4) is 11.5 Å². The van der Waals surface area contributed by atoms with Crippen LogP contribution in [0.1, 0.15) is 0 Å². The lowest BCUT2D eigenvalue weighted by atomic mass is 10.2. The molecule has 0 radical (unpaired) electrons. The number of hydrogen-bond acceptors (Lipinski definition) is 6. The molecule has 0 bridgehead atoms. The van der Waals surface area contributed by atoms with Crippen molar-refractivity contribution in [2.75, 3.05) is 45.3 Å². The van der Waals surface area contributed by atoms with Crippen LogP contribution in [0.5, 0.6) is 11.5 Å². The van der Waals surface area contributed by atoms with E-state index in [0.29, 0.717) is 30.3 Å². The van der Waals surface area contributed by atoms with Gasteiger partial charge in [-0.15, -0.1) is 0 Å². The summed E-state index contributed by atoms with van der Waals surface area (Å²) in [6.07, 6.45) is -0.498. The molecule has 1 fully saturated rings. The molecule has 3 N–H and O–H groups in total. The van der Waals surface area contributed by atoms with Gasteiger partial charge >= 0.3 is 0 Å². The second kappa shape index (κ2) is 7.82. The molecule has 0 spiro atoms. The lowest BCUT2D eigenvalue weighted by molar-refractivity contribution is -0.128. The van der Waals surface area contributed by atoms with Crippen LogP contribution in [-0.4, -0.2) is 57.1 Å². The molecular formula is C14H20N2O5. The molecule has 7 heteroatoms. The minimum Gasteiger partial charge on any atom is -0.493 e. The Morgan fingerprint density at radius 2 is 2.38 bits per heavy atom. The molecule has 1 aliphatic rings. The molecule has 0 aromatic heterocycles. The van der Waals surface area contributed by atoms with Crippen molar-refractivity contribution in [1.29, 1.82) is 0 Å². The van der Waals surface area contributed by atoms with Gasteiger partial charge in [-0.1, -0.05) is 0 Å². The maximum atomic E-state index is 12.1. The molecule has 1 unspecified atom stereocenters. The molecule has 1 heterocycles. The summed E-state index contributed by atoms with van der Waals surface area (Å²) < 4.78 is 15.9. The number of carbonyl (C=O) groups is 1. The molecule has 0 saturated carbocycles. The summed E-state index contributed by atoms with van der Waals surface area (Å²) in [7, 11) is 1.53. The molecule has 1 aromatic rings. The first-order valence-electron chi connectivity index (χ1n) is 6.79. The third-order valence-electron chi connectivity index (χ3n) is 3.00. The van der Waals surface area contributed by atoms with E-state index in [9.17, 15) is 4.79 Å². The van der Waals surface area contributed by atoms with Crippen LogP contribution in [0.4, 0.5) is 5.69 Å². The molecular weight excluding hydrogens is 276 g/mol. The van der Waals surface area contributed by atoms with Gasteiger partial charge in [0, 0.05) is 24.8 Å². The molecule has 1 amide bonds. The maximum Gasteiger partial charge on any atom is 0.254 e. The highest BCUT2D eigenvalue weighted by Crippen LogP contribution is 2.30. The second-order valence-corrected chi connectivity index (χ2v) is 4.49. The Balaban J connectivity index is 2.03. The minimum absolute atomic E-state index is 0.0959. The number of rotatable bonds is 6. The Hall–Kier alpha value is -1.83. The zero-order chi connectivity index (χ0) is 15.1. The van der Waals surface area contributed by atoms with Crippen LogP contribution < -0.4 is 20.1 Å². The summed E-state index contributed by atoms with van der Waals surface area (Å²) in [5.74, 6) is 0.796. The fourth-order valence-electron chi connectivity index (χ4n) is 1.98. The van der Waals surface area contributed by atoms with Gasteiger partial charge in [-0.25, -0.2) is 0 Å². The van der Waals surface area contributed by atoms with Gasteiger partial charge in [0.05, 0.1) is 20.3 Å². The minimum atomic E-state index is -0.498. The molecule has 2 rings (SSSR count). The first-order chi connectivity index (χ1) is 10.2. The SMILES string of the molecule is COc1ccc(NC(=O)C2CNCCO2)cc1OCCO. The summed E-state index contributed by atoms with van der Waals surface area (Å²) >= 11 is 0. The fourth-order valence-corrected chi connectivity index (χ4v) is 1.98. The maximum absolute atomic E-state index is 12.1. The van der Waals surface area contributed by atoms with E-state index in [4.69, 9.17) is 19.3 Å². The first-order valence-corrected chi connectivity index (χ1v) is 6.79.